The largest absolute Gasteiger partial charge is 0.378 e. The fourth-order valence-electron chi connectivity index (χ4n) is 2.37. The van der Waals surface area contributed by atoms with Crippen LogP contribution < -0.4 is 5.73 Å². The Morgan fingerprint density at radius 2 is 2.00 bits per heavy atom. The average Bonchev–Trinajstić information content (AvgIpc) is 2.50. The van der Waals surface area contributed by atoms with Crippen LogP contribution in [0.4, 0.5) is 0 Å². The lowest BCUT2D eigenvalue weighted by atomic mass is 10.1. The van der Waals surface area contributed by atoms with Gasteiger partial charge in [0.05, 0.1) is 16.1 Å². The van der Waals surface area contributed by atoms with Crippen molar-refractivity contribution in [2.75, 3.05) is 26.2 Å². The van der Waals surface area contributed by atoms with E-state index in [9.17, 15) is 4.79 Å². The molecule has 21 heavy (non-hydrogen) atoms. The van der Waals surface area contributed by atoms with Gasteiger partial charge in [0.25, 0.3) is 5.91 Å². The Kier molecular flexibility index (Phi) is 6.30. The van der Waals surface area contributed by atoms with Crippen molar-refractivity contribution in [3.63, 3.8) is 0 Å². The molecule has 1 aliphatic heterocycles. The van der Waals surface area contributed by atoms with Gasteiger partial charge in [-0.15, -0.1) is 0 Å². The van der Waals surface area contributed by atoms with Crippen LogP contribution in [0, 0.1) is 0 Å². The lowest BCUT2D eigenvalue weighted by molar-refractivity contribution is 0.00845. The van der Waals surface area contributed by atoms with E-state index in [4.69, 9.17) is 33.7 Å². The van der Waals surface area contributed by atoms with Gasteiger partial charge in [-0.05, 0) is 44.0 Å². The standard InChI is InChI=1S/C15H20Cl2N2O2/c16-13-3-2-11(10-14(13)17)15(20)19-7-4-12(5-8-19)21-9-1-6-18/h2-3,10,12H,1,4-9,18H2. The molecule has 1 heterocycles. The van der Waals surface area contributed by atoms with Crippen molar-refractivity contribution in [2.45, 2.75) is 25.4 Å². The minimum atomic E-state index is -0.00558. The Morgan fingerprint density at radius 1 is 1.29 bits per heavy atom. The van der Waals surface area contributed by atoms with Crippen LogP contribution in [0.5, 0.6) is 0 Å². The van der Waals surface area contributed by atoms with Gasteiger partial charge in [-0.3, -0.25) is 4.79 Å². The van der Waals surface area contributed by atoms with Crippen LogP contribution in [0.25, 0.3) is 0 Å². The third-order valence-corrected chi connectivity index (χ3v) is 4.34. The van der Waals surface area contributed by atoms with Crippen molar-refractivity contribution in [1.29, 1.82) is 0 Å². The summed E-state index contributed by atoms with van der Waals surface area (Å²) in [5.41, 5.74) is 6.02. The van der Waals surface area contributed by atoms with Gasteiger partial charge in [0.2, 0.25) is 0 Å². The minimum absolute atomic E-state index is 0.00558. The van der Waals surface area contributed by atoms with E-state index in [1.807, 2.05) is 4.90 Å². The summed E-state index contributed by atoms with van der Waals surface area (Å²) in [4.78, 5) is 14.2. The third kappa shape index (κ3) is 4.58. The normalized spacial score (nSPS) is 16.2. The number of nitrogens with zero attached hydrogens (tertiary/aromatic N) is 1. The van der Waals surface area contributed by atoms with Crippen LogP contribution in [0.15, 0.2) is 18.2 Å². The molecule has 0 spiro atoms. The lowest BCUT2D eigenvalue weighted by Gasteiger charge is -2.32. The molecular formula is C15H20Cl2N2O2. The number of rotatable bonds is 5. The number of benzene rings is 1. The van der Waals surface area contributed by atoms with E-state index in [-0.39, 0.29) is 12.0 Å². The second kappa shape index (κ2) is 7.99. The van der Waals surface area contributed by atoms with Crippen LogP contribution >= 0.6 is 23.2 Å². The number of likely N-dealkylation sites (tertiary alicyclic amines) is 1. The number of hydrogen-bond donors (Lipinski definition) is 1. The van der Waals surface area contributed by atoms with E-state index >= 15 is 0 Å². The topological polar surface area (TPSA) is 55.6 Å². The van der Waals surface area contributed by atoms with Crippen molar-refractivity contribution >= 4 is 29.1 Å². The van der Waals surface area contributed by atoms with E-state index in [0.29, 0.717) is 41.8 Å². The van der Waals surface area contributed by atoms with E-state index in [1.165, 1.54) is 0 Å². The molecule has 1 fully saturated rings. The molecule has 0 bridgehead atoms. The smallest absolute Gasteiger partial charge is 0.253 e. The third-order valence-electron chi connectivity index (χ3n) is 3.60. The number of nitrogens with two attached hydrogens (primary N) is 1. The summed E-state index contributed by atoms with van der Waals surface area (Å²) in [6.07, 6.45) is 2.83. The van der Waals surface area contributed by atoms with E-state index < -0.39 is 0 Å². The first-order chi connectivity index (χ1) is 10.1. The van der Waals surface area contributed by atoms with Crippen LogP contribution in [0.1, 0.15) is 29.6 Å². The summed E-state index contributed by atoms with van der Waals surface area (Å²) in [5, 5.41) is 0.864. The number of hydrogen-bond acceptors (Lipinski definition) is 3. The highest BCUT2D eigenvalue weighted by Gasteiger charge is 2.24. The molecule has 6 heteroatoms. The summed E-state index contributed by atoms with van der Waals surface area (Å²) < 4.78 is 5.74. The summed E-state index contributed by atoms with van der Waals surface area (Å²) in [7, 11) is 0. The van der Waals surface area contributed by atoms with Gasteiger partial charge in [0.15, 0.2) is 0 Å². The zero-order valence-electron chi connectivity index (χ0n) is 11.9. The molecule has 1 saturated heterocycles. The second-order valence-corrected chi connectivity index (χ2v) is 5.95. The quantitative estimate of drug-likeness (QED) is 0.844. The molecule has 1 aromatic rings. The van der Waals surface area contributed by atoms with Crippen LogP contribution in [-0.4, -0.2) is 43.2 Å². The van der Waals surface area contributed by atoms with E-state index in [2.05, 4.69) is 0 Å². The maximum Gasteiger partial charge on any atom is 0.253 e. The first-order valence-electron chi connectivity index (χ1n) is 7.18. The van der Waals surface area contributed by atoms with E-state index in [1.54, 1.807) is 18.2 Å². The highest BCUT2D eigenvalue weighted by atomic mass is 35.5. The molecule has 0 aromatic heterocycles. The number of carbonyl (C=O) groups excluding carboxylic acids is 1. The average molecular weight is 331 g/mol. The highest BCUT2D eigenvalue weighted by molar-refractivity contribution is 6.42. The van der Waals surface area contributed by atoms with Crippen LogP contribution in [0.3, 0.4) is 0 Å². The maximum absolute atomic E-state index is 12.4. The molecule has 2 rings (SSSR count). The molecule has 1 amide bonds. The monoisotopic (exact) mass is 330 g/mol. The van der Waals surface area contributed by atoms with Crippen molar-refractivity contribution in [3.05, 3.63) is 33.8 Å². The molecule has 4 nitrogen and oxygen atoms in total. The van der Waals surface area contributed by atoms with Gasteiger partial charge in [-0.2, -0.15) is 0 Å². The van der Waals surface area contributed by atoms with E-state index in [0.717, 1.165) is 19.3 Å². The number of piperidine rings is 1. The molecule has 1 aliphatic rings. The van der Waals surface area contributed by atoms with Gasteiger partial charge >= 0.3 is 0 Å². The van der Waals surface area contributed by atoms with Gasteiger partial charge in [-0.1, -0.05) is 23.2 Å². The predicted octanol–water partition coefficient (Wildman–Crippen LogP) is 2.96. The molecule has 0 aliphatic carbocycles. The van der Waals surface area contributed by atoms with Crippen molar-refractivity contribution in [2.24, 2.45) is 5.73 Å². The van der Waals surface area contributed by atoms with Gasteiger partial charge in [-0.25, -0.2) is 0 Å². The number of ether oxygens (including phenoxy) is 1. The second-order valence-electron chi connectivity index (χ2n) is 5.13. The Balaban J connectivity index is 1.86. The van der Waals surface area contributed by atoms with Crippen molar-refractivity contribution < 1.29 is 9.53 Å². The summed E-state index contributed by atoms with van der Waals surface area (Å²) in [6.45, 7) is 2.75. The van der Waals surface area contributed by atoms with Gasteiger partial charge in [0, 0.05) is 25.3 Å². The fraction of sp³-hybridized carbons (Fsp3) is 0.533. The predicted molar refractivity (Wildman–Crippen MR) is 85.0 cm³/mol. The summed E-state index contributed by atoms with van der Waals surface area (Å²) in [5.74, 6) is -0.00558. The fourth-order valence-corrected chi connectivity index (χ4v) is 2.67. The molecule has 0 atom stereocenters. The molecule has 0 saturated carbocycles. The zero-order chi connectivity index (χ0) is 15.2. The molecule has 1 aromatic carbocycles. The van der Waals surface area contributed by atoms with Crippen LogP contribution in [-0.2, 0) is 4.74 Å². The van der Waals surface area contributed by atoms with Crippen molar-refractivity contribution in [3.8, 4) is 0 Å². The SMILES string of the molecule is NCCCOC1CCN(C(=O)c2ccc(Cl)c(Cl)c2)CC1. The molecule has 0 unspecified atom stereocenters. The van der Waals surface area contributed by atoms with Gasteiger partial charge < -0.3 is 15.4 Å². The molecule has 116 valence electrons. The first kappa shape index (κ1) is 16.6. The first-order valence-corrected chi connectivity index (χ1v) is 7.93. The van der Waals surface area contributed by atoms with Crippen molar-refractivity contribution in [1.82, 2.24) is 4.90 Å². The number of amides is 1. The Bertz CT molecular complexity index is 489. The number of carbonyl (C=O) groups is 1. The lowest BCUT2D eigenvalue weighted by Crippen LogP contribution is -2.41. The highest BCUT2D eigenvalue weighted by Crippen LogP contribution is 2.24. The summed E-state index contributed by atoms with van der Waals surface area (Å²) in [6, 6.07) is 4.98. The Hall–Kier alpha value is -0.810. The number of halogens is 2. The van der Waals surface area contributed by atoms with Gasteiger partial charge in [0.1, 0.15) is 0 Å². The molecule has 2 N–H and O–H groups in total. The zero-order valence-corrected chi connectivity index (χ0v) is 13.4. The molecular weight excluding hydrogens is 311 g/mol. The Labute approximate surface area is 135 Å². The van der Waals surface area contributed by atoms with Crippen LogP contribution in [0.2, 0.25) is 10.0 Å². The Morgan fingerprint density at radius 3 is 2.62 bits per heavy atom. The minimum Gasteiger partial charge on any atom is -0.378 e. The molecule has 0 radical (unpaired) electrons. The maximum atomic E-state index is 12.4. The summed E-state index contributed by atoms with van der Waals surface area (Å²) >= 11 is 11.8.